The van der Waals surface area contributed by atoms with Gasteiger partial charge in [0.05, 0.1) is 6.54 Å². The molecule has 0 aliphatic heterocycles. The summed E-state index contributed by atoms with van der Waals surface area (Å²) in [6.45, 7) is 0.860. The van der Waals surface area contributed by atoms with Gasteiger partial charge in [0.1, 0.15) is 11.3 Å². The lowest BCUT2D eigenvalue weighted by atomic mass is 9.97. The molecule has 0 saturated heterocycles. The maximum absolute atomic E-state index is 5.85. The fourth-order valence-electron chi connectivity index (χ4n) is 3.03. The van der Waals surface area contributed by atoms with Crippen LogP contribution < -0.4 is 5.32 Å². The summed E-state index contributed by atoms with van der Waals surface area (Å²) in [7, 11) is 0. The van der Waals surface area contributed by atoms with E-state index in [4.69, 9.17) is 4.42 Å². The highest BCUT2D eigenvalue weighted by atomic mass is 16.3. The Hall–Kier alpha value is -1.28. The summed E-state index contributed by atoms with van der Waals surface area (Å²) in [5.41, 5.74) is 0.997. The zero-order valence-corrected chi connectivity index (χ0v) is 11.5. The minimum Gasteiger partial charge on any atom is -0.460 e. The van der Waals surface area contributed by atoms with Gasteiger partial charge in [-0.3, -0.25) is 0 Å². The van der Waals surface area contributed by atoms with Gasteiger partial charge in [0.25, 0.3) is 0 Å². The summed E-state index contributed by atoms with van der Waals surface area (Å²) >= 11 is 0. The molecule has 2 heteroatoms. The third-order valence-electron chi connectivity index (χ3n) is 4.15. The van der Waals surface area contributed by atoms with E-state index in [0.717, 1.165) is 17.9 Å². The Morgan fingerprint density at radius 3 is 2.53 bits per heavy atom. The van der Waals surface area contributed by atoms with Crippen LogP contribution in [0.2, 0.25) is 0 Å². The van der Waals surface area contributed by atoms with E-state index < -0.39 is 0 Å². The van der Waals surface area contributed by atoms with E-state index in [1.807, 2.05) is 12.1 Å². The Morgan fingerprint density at radius 2 is 1.74 bits per heavy atom. The van der Waals surface area contributed by atoms with Crippen molar-refractivity contribution in [3.63, 3.8) is 0 Å². The van der Waals surface area contributed by atoms with Crippen molar-refractivity contribution in [2.75, 3.05) is 0 Å². The summed E-state index contributed by atoms with van der Waals surface area (Å²) in [5.74, 6) is 1.06. The van der Waals surface area contributed by atoms with Crippen molar-refractivity contribution in [3.05, 3.63) is 36.1 Å². The van der Waals surface area contributed by atoms with Gasteiger partial charge in [-0.1, -0.05) is 50.3 Å². The molecule has 2 nitrogen and oxygen atoms in total. The number of para-hydroxylation sites is 1. The monoisotopic (exact) mass is 257 g/mol. The van der Waals surface area contributed by atoms with Crippen LogP contribution in [0.15, 0.2) is 34.7 Å². The molecule has 0 spiro atoms. The van der Waals surface area contributed by atoms with E-state index in [-0.39, 0.29) is 0 Å². The first-order valence-electron chi connectivity index (χ1n) is 7.63. The average Bonchev–Trinajstić information content (AvgIpc) is 2.80. The molecule has 1 aromatic heterocycles. The molecule has 1 aliphatic rings. The molecule has 0 radical (unpaired) electrons. The van der Waals surface area contributed by atoms with Gasteiger partial charge in [0.2, 0.25) is 0 Å². The van der Waals surface area contributed by atoms with Crippen LogP contribution in [0.4, 0.5) is 0 Å². The molecule has 0 unspecified atom stereocenters. The maximum atomic E-state index is 5.85. The van der Waals surface area contributed by atoms with E-state index in [2.05, 4.69) is 23.5 Å². The molecule has 1 heterocycles. The van der Waals surface area contributed by atoms with Crippen LogP contribution in [0.25, 0.3) is 11.0 Å². The van der Waals surface area contributed by atoms with E-state index in [1.165, 1.54) is 50.3 Å². The molecule has 19 heavy (non-hydrogen) atoms. The Balaban J connectivity index is 1.58. The summed E-state index contributed by atoms with van der Waals surface area (Å²) in [6.07, 6.45) is 9.62. The van der Waals surface area contributed by atoms with Crippen molar-refractivity contribution in [2.45, 2.75) is 57.5 Å². The zero-order chi connectivity index (χ0) is 12.9. The number of rotatable bonds is 3. The summed E-state index contributed by atoms with van der Waals surface area (Å²) in [5, 5.41) is 4.88. The highest BCUT2D eigenvalue weighted by Crippen LogP contribution is 2.20. The quantitative estimate of drug-likeness (QED) is 0.866. The fourth-order valence-corrected chi connectivity index (χ4v) is 3.03. The lowest BCUT2D eigenvalue weighted by molar-refractivity contribution is 0.375. The standard InChI is InChI=1S/C17H23NO/c1-2-4-9-15(10-5-3-1)18-13-16-12-14-8-6-7-11-17(14)19-16/h6-8,11-12,15,18H,1-5,9-10,13H2. The van der Waals surface area contributed by atoms with E-state index >= 15 is 0 Å². The molecule has 0 bridgehead atoms. The largest absolute Gasteiger partial charge is 0.460 e. The number of fused-ring (bicyclic) bond motifs is 1. The molecular weight excluding hydrogens is 234 g/mol. The van der Waals surface area contributed by atoms with Crippen molar-refractivity contribution in [1.29, 1.82) is 0 Å². The summed E-state index contributed by atoms with van der Waals surface area (Å²) < 4.78 is 5.85. The molecule has 0 amide bonds. The number of benzene rings is 1. The molecule has 2 aromatic rings. The Bertz CT molecular complexity index is 476. The predicted molar refractivity (Wildman–Crippen MR) is 79.2 cm³/mol. The molecule has 0 atom stereocenters. The third kappa shape index (κ3) is 3.38. The summed E-state index contributed by atoms with van der Waals surface area (Å²) in [6, 6.07) is 11.1. The van der Waals surface area contributed by atoms with E-state index in [0.29, 0.717) is 6.04 Å². The van der Waals surface area contributed by atoms with Crippen molar-refractivity contribution < 1.29 is 4.42 Å². The molecule has 1 aliphatic carbocycles. The van der Waals surface area contributed by atoms with Crippen LogP contribution in [-0.4, -0.2) is 6.04 Å². The zero-order valence-electron chi connectivity index (χ0n) is 11.5. The lowest BCUT2D eigenvalue weighted by Crippen LogP contribution is -2.29. The van der Waals surface area contributed by atoms with Crippen molar-refractivity contribution in [2.24, 2.45) is 0 Å². The normalized spacial score (nSPS) is 18.3. The van der Waals surface area contributed by atoms with Crippen molar-refractivity contribution in [3.8, 4) is 0 Å². The van der Waals surface area contributed by atoms with Gasteiger partial charge in [0.15, 0.2) is 0 Å². The smallest absolute Gasteiger partial charge is 0.134 e. The van der Waals surface area contributed by atoms with Crippen LogP contribution in [0.3, 0.4) is 0 Å². The topological polar surface area (TPSA) is 25.2 Å². The highest BCUT2D eigenvalue weighted by molar-refractivity contribution is 5.77. The van der Waals surface area contributed by atoms with Gasteiger partial charge in [-0.05, 0) is 25.0 Å². The molecule has 3 rings (SSSR count). The van der Waals surface area contributed by atoms with Crippen LogP contribution >= 0.6 is 0 Å². The van der Waals surface area contributed by atoms with E-state index in [9.17, 15) is 0 Å². The molecule has 1 fully saturated rings. The minimum atomic E-state index is 0.675. The van der Waals surface area contributed by atoms with E-state index in [1.54, 1.807) is 0 Å². The maximum Gasteiger partial charge on any atom is 0.134 e. The number of hydrogen-bond donors (Lipinski definition) is 1. The summed E-state index contributed by atoms with van der Waals surface area (Å²) in [4.78, 5) is 0. The Kier molecular flexibility index (Phi) is 4.19. The fraction of sp³-hybridized carbons (Fsp3) is 0.529. The molecule has 1 N–H and O–H groups in total. The highest BCUT2D eigenvalue weighted by Gasteiger charge is 2.11. The van der Waals surface area contributed by atoms with Crippen molar-refractivity contribution >= 4 is 11.0 Å². The van der Waals surface area contributed by atoms with Gasteiger partial charge < -0.3 is 9.73 Å². The van der Waals surface area contributed by atoms with Crippen LogP contribution in [0, 0.1) is 0 Å². The van der Waals surface area contributed by atoms with Crippen LogP contribution in [-0.2, 0) is 6.54 Å². The first-order chi connectivity index (χ1) is 9.42. The van der Waals surface area contributed by atoms with Gasteiger partial charge in [-0.25, -0.2) is 0 Å². The second kappa shape index (κ2) is 6.25. The second-order valence-corrected chi connectivity index (χ2v) is 5.67. The minimum absolute atomic E-state index is 0.675. The Labute approximate surface area is 115 Å². The molecule has 1 saturated carbocycles. The SMILES string of the molecule is c1ccc2oc(CNC3CCCCCCC3)cc2c1. The lowest BCUT2D eigenvalue weighted by Gasteiger charge is -2.20. The first-order valence-corrected chi connectivity index (χ1v) is 7.63. The van der Waals surface area contributed by atoms with Gasteiger partial charge >= 0.3 is 0 Å². The second-order valence-electron chi connectivity index (χ2n) is 5.67. The number of furan rings is 1. The van der Waals surface area contributed by atoms with Gasteiger partial charge in [-0.15, -0.1) is 0 Å². The molecule has 1 aromatic carbocycles. The molecular formula is C17H23NO. The predicted octanol–water partition coefficient (Wildman–Crippen LogP) is 4.64. The number of hydrogen-bond acceptors (Lipinski definition) is 2. The Morgan fingerprint density at radius 1 is 1.00 bits per heavy atom. The van der Waals surface area contributed by atoms with Crippen LogP contribution in [0.1, 0.15) is 50.7 Å². The van der Waals surface area contributed by atoms with Crippen molar-refractivity contribution in [1.82, 2.24) is 5.32 Å². The van der Waals surface area contributed by atoms with Gasteiger partial charge in [-0.2, -0.15) is 0 Å². The third-order valence-corrected chi connectivity index (χ3v) is 4.15. The number of nitrogens with one attached hydrogen (secondary N) is 1. The average molecular weight is 257 g/mol. The molecule has 102 valence electrons. The first kappa shape index (κ1) is 12.7. The van der Waals surface area contributed by atoms with Crippen LogP contribution in [0.5, 0.6) is 0 Å². The van der Waals surface area contributed by atoms with Gasteiger partial charge in [0, 0.05) is 11.4 Å².